The minimum Gasteiger partial charge on any atom is -0.325 e. The standard InChI is InChI=1S/C32H30N4O3S/c1-21-11-12-27(18-22(21)2)35-30(37)23(3)40-28-15-13-26(14-16-28)34-32(39)29(19-24-8-7-17-33-20-24)36-31(38)25-9-5-4-6-10-25/h4-20,23H,1-3H3,(H,34,39)(H,35,37)(H,36,38)/b29-19-. The minimum atomic E-state index is -0.477. The fourth-order valence-corrected chi connectivity index (χ4v) is 4.57. The Bertz CT molecular complexity index is 1520. The number of anilines is 2. The van der Waals surface area contributed by atoms with Crippen LogP contribution >= 0.6 is 11.8 Å². The van der Waals surface area contributed by atoms with Crippen LogP contribution in [0.25, 0.3) is 6.08 Å². The molecule has 1 atom stereocenters. The Balaban J connectivity index is 1.41. The molecule has 0 fully saturated rings. The Kier molecular flexibility index (Phi) is 9.48. The zero-order valence-electron chi connectivity index (χ0n) is 22.5. The lowest BCUT2D eigenvalue weighted by atomic mass is 10.1. The van der Waals surface area contributed by atoms with Gasteiger partial charge in [-0.15, -0.1) is 11.8 Å². The predicted octanol–water partition coefficient (Wildman–Crippen LogP) is 6.23. The molecule has 8 heteroatoms. The Morgan fingerprint density at radius 2 is 1.55 bits per heavy atom. The maximum absolute atomic E-state index is 13.2. The van der Waals surface area contributed by atoms with Crippen LogP contribution in [-0.2, 0) is 9.59 Å². The van der Waals surface area contributed by atoms with Gasteiger partial charge in [0.1, 0.15) is 5.70 Å². The summed E-state index contributed by atoms with van der Waals surface area (Å²) in [5.41, 5.74) is 4.79. The van der Waals surface area contributed by atoms with Gasteiger partial charge in [-0.2, -0.15) is 0 Å². The second-order valence-corrected chi connectivity index (χ2v) is 10.6. The third-order valence-corrected chi connectivity index (χ3v) is 7.20. The van der Waals surface area contributed by atoms with Gasteiger partial charge in [0, 0.05) is 34.2 Å². The smallest absolute Gasteiger partial charge is 0.272 e. The lowest BCUT2D eigenvalue weighted by molar-refractivity contribution is -0.115. The monoisotopic (exact) mass is 550 g/mol. The highest BCUT2D eigenvalue weighted by atomic mass is 32.2. The van der Waals surface area contributed by atoms with E-state index in [0.717, 1.165) is 16.1 Å². The normalized spacial score (nSPS) is 11.8. The molecule has 40 heavy (non-hydrogen) atoms. The summed E-state index contributed by atoms with van der Waals surface area (Å²) in [6.45, 7) is 5.89. The lowest BCUT2D eigenvalue weighted by Crippen LogP contribution is -2.30. The number of pyridine rings is 1. The maximum Gasteiger partial charge on any atom is 0.272 e. The summed E-state index contributed by atoms with van der Waals surface area (Å²) in [4.78, 5) is 43.6. The van der Waals surface area contributed by atoms with E-state index in [2.05, 4.69) is 20.9 Å². The first kappa shape index (κ1) is 28.3. The number of amides is 3. The van der Waals surface area contributed by atoms with E-state index in [4.69, 9.17) is 0 Å². The van der Waals surface area contributed by atoms with Crippen molar-refractivity contribution in [2.24, 2.45) is 0 Å². The van der Waals surface area contributed by atoms with Crippen molar-refractivity contribution in [3.8, 4) is 0 Å². The molecule has 0 radical (unpaired) electrons. The number of aryl methyl sites for hydroxylation is 2. The van der Waals surface area contributed by atoms with Crippen molar-refractivity contribution in [1.82, 2.24) is 10.3 Å². The second kappa shape index (κ2) is 13.4. The maximum atomic E-state index is 13.2. The number of nitrogens with zero attached hydrogens (tertiary/aromatic N) is 1. The highest BCUT2D eigenvalue weighted by Gasteiger charge is 2.17. The van der Waals surface area contributed by atoms with Gasteiger partial charge in [0.15, 0.2) is 0 Å². The van der Waals surface area contributed by atoms with E-state index in [0.29, 0.717) is 16.8 Å². The van der Waals surface area contributed by atoms with Crippen molar-refractivity contribution in [3.05, 3.63) is 125 Å². The molecule has 4 rings (SSSR count). The minimum absolute atomic E-state index is 0.0805. The van der Waals surface area contributed by atoms with Crippen LogP contribution in [0.15, 0.2) is 108 Å². The molecule has 7 nitrogen and oxygen atoms in total. The highest BCUT2D eigenvalue weighted by molar-refractivity contribution is 8.00. The molecule has 3 amide bonds. The SMILES string of the molecule is Cc1ccc(NC(=O)C(C)Sc2ccc(NC(=O)/C(=C/c3cccnc3)NC(=O)c3ccccc3)cc2)cc1C. The number of hydrogen-bond donors (Lipinski definition) is 3. The van der Waals surface area contributed by atoms with Crippen molar-refractivity contribution in [3.63, 3.8) is 0 Å². The molecule has 0 bridgehead atoms. The van der Waals surface area contributed by atoms with Gasteiger partial charge in [0.25, 0.3) is 11.8 Å². The zero-order chi connectivity index (χ0) is 28.5. The summed E-state index contributed by atoms with van der Waals surface area (Å²) in [6.07, 6.45) is 4.81. The van der Waals surface area contributed by atoms with E-state index in [1.807, 2.05) is 57.2 Å². The van der Waals surface area contributed by atoms with Crippen LogP contribution in [0, 0.1) is 13.8 Å². The van der Waals surface area contributed by atoms with Crippen molar-refractivity contribution in [2.75, 3.05) is 10.6 Å². The summed E-state index contributed by atoms with van der Waals surface area (Å²) < 4.78 is 0. The van der Waals surface area contributed by atoms with E-state index in [-0.39, 0.29) is 16.9 Å². The number of benzene rings is 3. The number of hydrogen-bond acceptors (Lipinski definition) is 5. The van der Waals surface area contributed by atoms with Gasteiger partial charge in [-0.25, -0.2) is 0 Å². The molecule has 1 heterocycles. The summed E-state index contributed by atoms with van der Waals surface area (Å²) in [7, 11) is 0. The largest absolute Gasteiger partial charge is 0.325 e. The Morgan fingerprint density at radius 3 is 2.23 bits per heavy atom. The van der Waals surface area contributed by atoms with Gasteiger partial charge in [-0.1, -0.05) is 30.3 Å². The summed E-state index contributed by atoms with van der Waals surface area (Å²) in [5, 5.41) is 8.18. The highest BCUT2D eigenvalue weighted by Crippen LogP contribution is 2.26. The van der Waals surface area contributed by atoms with Gasteiger partial charge >= 0.3 is 0 Å². The first-order chi connectivity index (χ1) is 19.3. The predicted molar refractivity (Wildman–Crippen MR) is 161 cm³/mol. The second-order valence-electron chi connectivity index (χ2n) is 9.19. The van der Waals surface area contributed by atoms with E-state index >= 15 is 0 Å². The molecule has 0 aliphatic heterocycles. The molecule has 3 aromatic carbocycles. The summed E-state index contributed by atoms with van der Waals surface area (Å²) in [6, 6.07) is 25.3. The van der Waals surface area contributed by atoms with Crippen LogP contribution in [0.1, 0.15) is 34.0 Å². The van der Waals surface area contributed by atoms with Crippen molar-refractivity contribution >= 4 is 46.9 Å². The molecule has 3 N–H and O–H groups in total. The number of carbonyl (C=O) groups is 3. The van der Waals surface area contributed by atoms with Crippen molar-refractivity contribution in [1.29, 1.82) is 0 Å². The van der Waals surface area contributed by atoms with Crippen molar-refractivity contribution < 1.29 is 14.4 Å². The van der Waals surface area contributed by atoms with Crippen LogP contribution in [0.3, 0.4) is 0 Å². The molecular weight excluding hydrogens is 520 g/mol. The topological polar surface area (TPSA) is 100 Å². The number of thioether (sulfide) groups is 1. The number of aromatic nitrogens is 1. The third-order valence-electron chi connectivity index (χ3n) is 6.09. The summed E-state index contributed by atoms with van der Waals surface area (Å²) >= 11 is 1.42. The van der Waals surface area contributed by atoms with E-state index in [1.165, 1.54) is 17.3 Å². The molecule has 4 aromatic rings. The Morgan fingerprint density at radius 1 is 0.825 bits per heavy atom. The van der Waals surface area contributed by atoms with Crippen LogP contribution in [0.5, 0.6) is 0 Å². The van der Waals surface area contributed by atoms with Crippen LogP contribution in [0.2, 0.25) is 0 Å². The molecule has 0 aliphatic rings. The fraction of sp³-hybridized carbons (Fsp3) is 0.125. The molecule has 1 aromatic heterocycles. The first-order valence-corrected chi connectivity index (χ1v) is 13.6. The lowest BCUT2D eigenvalue weighted by Gasteiger charge is -2.14. The quantitative estimate of drug-likeness (QED) is 0.170. The number of rotatable bonds is 9. The Labute approximate surface area is 238 Å². The third kappa shape index (κ3) is 7.91. The van der Waals surface area contributed by atoms with Gasteiger partial charge in [0.2, 0.25) is 5.91 Å². The van der Waals surface area contributed by atoms with Gasteiger partial charge < -0.3 is 16.0 Å². The van der Waals surface area contributed by atoms with E-state index < -0.39 is 11.8 Å². The fourth-order valence-electron chi connectivity index (χ4n) is 3.71. The van der Waals surface area contributed by atoms with Crippen LogP contribution < -0.4 is 16.0 Å². The van der Waals surface area contributed by atoms with Gasteiger partial charge in [0.05, 0.1) is 5.25 Å². The zero-order valence-corrected chi connectivity index (χ0v) is 23.3. The molecule has 0 saturated heterocycles. The van der Waals surface area contributed by atoms with E-state index in [9.17, 15) is 14.4 Å². The average molecular weight is 551 g/mol. The van der Waals surface area contributed by atoms with Gasteiger partial charge in [-0.05, 0) is 98.1 Å². The van der Waals surface area contributed by atoms with E-state index in [1.54, 1.807) is 67.0 Å². The number of nitrogens with one attached hydrogen (secondary N) is 3. The van der Waals surface area contributed by atoms with Gasteiger partial charge in [-0.3, -0.25) is 19.4 Å². The first-order valence-electron chi connectivity index (χ1n) is 12.7. The van der Waals surface area contributed by atoms with Crippen LogP contribution in [0.4, 0.5) is 11.4 Å². The summed E-state index contributed by atoms with van der Waals surface area (Å²) in [5.74, 6) is -0.967. The number of carbonyl (C=O) groups excluding carboxylic acids is 3. The molecule has 0 spiro atoms. The molecule has 0 aliphatic carbocycles. The van der Waals surface area contributed by atoms with Crippen molar-refractivity contribution in [2.45, 2.75) is 30.9 Å². The molecular formula is C32H30N4O3S. The molecule has 1 unspecified atom stereocenters. The van der Waals surface area contributed by atoms with Crippen LogP contribution in [-0.4, -0.2) is 28.0 Å². The average Bonchev–Trinajstić information content (AvgIpc) is 2.96. The Hall–Kier alpha value is -4.69. The molecule has 202 valence electrons. The molecule has 0 saturated carbocycles.